The van der Waals surface area contributed by atoms with Gasteiger partial charge in [0.05, 0.1) is 12.8 Å². The highest BCUT2D eigenvalue weighted by Crippen LogP contribution is 2.29. The van der Waals surface area contributed by atoms with E-state index >= 15 is 0 Å². The highest BCUT2D eigenvalue weighted by Gasteiger charge is 2.16. The minimum atomic E-state index is -0.271. The van der Waals surface area contributed by atoms with Crippen molar-refractivity contribution in [1.29, 1.82) is 0 Å². The number of anilines is 1. The average Bonchev–Trinajstić information content (AvgIpc) is 3.16. The number of nitrogens with one attached hydrogen (secondary N) is 1. The molecule has 1 N–H and O–H groups in total. The number of rotatable bonds is 7. The lowest BCUT2D eigenvalue weighted by Gasteiger charge is -2.15. The van der Waals surface area contributed by atoms with Crippen molar-refractivity contribution in [3.05, 3.63) is 70.9 Å². The van der Waals surface area contributed by atoms with Crippen LogP contribution in [0.5, 0.6) is 11.5 Å². The number of carbonyl (C=O) groups excluding carboxylic acids is 1. The monoisotopic (exact) mass is 458 g/mol. The van der Waals surface area contributed by atoms with Gasteiger partial charge in [-0.25, -0.2) is 4.98 Å². The fourth-order valence-electron chi connectivity index (χ4n) is 3.98. The van der Waals surface area contributed by atoms with Crippen LogP contribution in [-0.2, 0) is 4.79 Å². The molecule has 176 valence electrons. The molecule has 4 rings (SSSR count). The van der Waals surface area contributed by atoms with Gasteiger partial charge in [0.2, 0.25) is 0 Å². The highest BCUT2D eigenvalue weighted by molar-refractivity contribution is 5.92. The second-order valence-corrected chi connectivity index (χ2v) is 8.77. The fourth-order valence-corrected chi connectivity index (χ4v) is 3.98. The lowest BCUT2D eigenvalue weighted by Crippen LogP contribution is -2.22. The van der Waals surface area contributed by atoms with Gasteiger partial charge in [0, 0.05) is 11.5 Å². The first-order valence-corrected chi connectivity index (χ1v) is 11.3. The Hall–Kier alpha value is -3.87. The first kappa shape index (κ1) is 23.3. The first-order chi connectivity index (χ1) is 16.3. The van der Waals surface area contributed by atoms with Crippen molar-refractivity contribution < 1.29 is 14.3 Å². The number of aryl methyl sites for hydroxylation is 3. The van der Waals surface area contributed by atoms with Crippen LogP contribution >= 0.6 is 0 Å². The number of hydrogen-bond acceptors (Lipinski definition) is 5. The minimum absolute atomic E-state index is 0.106. The summed E-state index contributed by atoms with van der Waals surface area (Å²) in [5, 5.41) is 8.49. The normalized spacial score (nSPS) is 11.1. The molecule has 0 atom stereocenters. The number of amides is 1. The number of ether oxygens (including phenoxy) is 2. The summed E-state index contributed by atoms with van der Waals surface area (Å²) in [6.45, 7) is 10.00. The molecule has 0 saturated carbocycles. The zero-order valence-corrected chi connectivity index (χ0v) is 20.5. The Kier molecular flexibility index (Phi) is 6.54. The number of nitrogens with zero attached hydrogens (tertiary/aromatic N) is 3. The zero-order chi connectivity index (χ0) is 24.4. The Bertz CT molecular complexity index is 1360. The van der Waals surface area contributed by atoms with Crippen LogP contribution < -0.4 is 14.8 Å². The van der Waals surface area contributed by atoms with E-state index in [-0.39, 0.29) is 12.5 Å². The second-order valence-electron chi connectivity index (χ2n) is 8.77. The average molecular weight is 459 g/mol. The summed E-state index contributed by atoms with van der Waals surface area (Å²) < 4.78 is 13.0. The van der Waals surface area contributed by atoms with Crippen LogP contribution in [0.15, 0.2) is 48.5 Å². The van der Waals surface area contributed by atoms with Crippen LogP contribution in [0.4, 0.5) is 5.82 Å². The Morgan fingerprint density at radius 1 is 1.06 bits per heavy atom. The van der Waals surface area contributed by atoms with Gasteiger partial charge >= 0.3 is 0 Å². The number of hydrogen-bond donors (Lipinski definition) is 1. The van der Waals surface area contributed by atoms with Crippen molar-refractivity contribution in [1.82, 2.24) is 14.8 Å². The van der Waals surface area contributed by atoms with Gasteiger partial charge in [0.1, 0.15) is 22.8 Å². The number of carbonyl (C=O) groups is 1. The summed E-state index contributed by atoms with van der Waals surface area (Å²) in [7, 11) is 1.63. The number of benzene rings is 2. The zero-order valence-electron chi connectivity index (χ0n) is 20.5. The molecule has 0 aliphatic rings. The van der Waals surface area contributed by atoms with Gasteiger partial charge in [-0.15, -0.1) is 0 Å². The van der Waals surface area contributed by atoms with Crippen molar-refractivity contribution in [3.63, 3.8) is 0 Å². The van der Waals surface area contributed by atoms with E-state index in [1.165, 1.54) is 0 Å². The molecule has 0 spiro atoms. The van der Waals surface area contributed by atoms with Gasteiger partial charge in [-0.1, -0.05) is 38.1 Å². The lowest BCUT2D eigenvalue weighted by atomic mass is 10.0. The van der Waals surface area contributed by atoms with E-state index in [9.17, 15) is 4.79 Å². The summed E-state index contributed by atoms with van der Waals surface area (Å²) in [5.74, 6) is 2.56. The molecule has 0 bridgehead atoms. The highest BCUT2D eigenvalue weighted by atomic mass is 16.5. The third-order valence-corrected chi connectivity index (χ3v) is 5.68. The fraction of sp³-hybridized carbons (Fsp3) is 0.296. The quantitative estimate of drug-likeness (QED) is 0.396. The molecule has 4 aromatic rings. The van der Waals surface area contributed by atoms with Gasteiger partial charge in [-0.05, 0) is 61.6 Å². The molecule has 2 aromatic heterocycles. The van der Waals surface area contributed by atoms with Crippen LogP contribution in [0.3, 0.4) is 0 Å². The molecule has 0 aliphatic heterocycles. The van der Waals surface area contributed by atoms with Gasteiger partial charge < -0.3 is 14.8 Å². The Balaban J connectivity index is 1.59. The molecule has 2 aromatic carbocycles. The van der Waals surface area contributed by atoms with Crippen LogP contribution in [0.1, 0.15) is 42.1 Å². The number of pyridine rings is 1. The van der Waals surface area contributed by atoms with Gasteiger partial charge in [0.25, 0.3) is 5.91 Å². The summed E-state index contributed by atoms with van der Waals surface area (Å²) in [4.78, 5) is 17.6. The smallest absolute Gasteiger partial charge is 0.263 e. The van der Waals surface area contributed by atoms with Crippen molar-refractivity contribution >= 4 is 22.6 Å². The minimum Gasteiger partial charge on any atom is -0.494 e. The summed E-state index contributed by atoms with van der Waals surface area (Å²) in [6, 6.07) is 15.7. The Morgan fingerprint density at radius 2 is 1.85 bits per heavy atom. The molecular formula is C27H30N4O3. The third-order valence-electron chi connectivity index (χ3n) is 5.68. The lowest BCUT2D eigenvalue weighted by molar-refractivity contribution is -0.118. The Labute approximate surface area is 199 Å². The molecule has 0 unspecified atom stereocenters. The number of para-hydroxylation sites is 1. The standard InChI is InChI=1S/C27H30N4O3/c1-16(2)20-11-10-17(3)12-23(20)34-15-26(32)28-25-14-19(5)30-31(25)24-13-18(4)21-8-7-9-22(33-6)27(21)29-24/h7-14,16H,15H2,1-6H3,(H,28,32). The number of aromatic nitrogens is 3. The molecule has 1 amide bonds. The van der Waals surface area contributed by atoms with Crippen molar-refractivity contribution in [3.8, 4) is 17.3 Å². The molecular weight excluding hydrogens is 428 g/mol. The van der Waals surface area contributed by atoms with E-state index in [1.807, 2.05) is 63.2 Å². The van der Waals surface area contributed by atoms with E-state index in [0.29, 0.717) is 23.3 Å². The van der Waals surface area contributed by atoms with Crippen LogP contribution in [0.2, 0.25) is 0 Å². The summed E-state index contributed by atoms with van der Waals surface area (Å²) in [5.41, 5.74) is 4.70. The molecule has 0 fully saturated rings. The third kappa shape index (κ3) is 4.73. The molecule has 34 heavy (non-hydrogen) atoms. The van der Waals surface area contributed by atoms with Crippen molar-refractivity contribution in [2.45, 2.75) is 40.5 Å². The van der Waals surface area contributed by atoms with Crippen LogP contribution in [-0.4, -0.2) is 34.4 Å². The van der Waals surface area contributed by atoms with E-state index in [4.69, 9.17) is 14.5 Å². The predicted octanol–water partition coefficient (Wildman–Crippen LogP) is 5.50. The van der Waals surface area contributed by atoms with Crippen molar-refractivity contribution in [2.24, 2.45) is 0 Å². The summed E-state index contributed by atoms with van der Waals surface area (Å²) in [6.07, 6.45) is 0. The SMILES string of the molecule is COc1cccc2c(C)cc(-n3nc(C)cc3NC(=O)COc3cc(C)ccc3C(C)C)nc12. The molecule has 7 nitrogen and oxygen atoms in total. The molecule has 7 heteroatoms. The summed E-state index contributed by atoms with van der Waals surface area (Å²) >= 11 is 0. The maximum atomic E-state index is 12.8. The molecule has 2 heterocycles. The van der Waals surface area contributed by atoms with E-state index < -0.39 is 0 Å². The van der Waals surface area contributed by atoms with Crippen molar-refractivity contribution in [2.75, 3.05) is 19.0 Å². The van der Waals surface area contributed by atoms with Crippen LogP contribution in [0, 0.1) is 20.8 Å². The largest absolute Gasteiger partial charge is 0.494 e. The van der Waals surface area contributed by atoms with E-state index in [2.05, 4.69) is 30.3 Å². The van der Waals surface area contributed by atoms with Gasteiger partial charge in [0.15, 0.2) is 12.4 Å². The molecule has 0 aliphatic carbocycles. The first-order valence-electron chi connectivity index (χ1n) is 11.3. The maximum absolute atomic E-state index is 12.8. The van der Waals surface area contributed by atoms with Gasteiger partial charge in [-0.3, -0.25) is 4.79 Å². The molecule has 0 radical (unpaired) electrons. The second kappa shape index (κ2) is 9.55. The van der Waals surface area contributed by atoms with Crippen LogP contribution in [0.25, 0.3) is 16.7 Å². The topological polar surface area (TPSA) is 78.3 Å². The van der Waals surface area contributed by atoms with Gasteiger partial charge in [-0.2, -0.15) is 9.78 Å². The maximum Gasteiger partial charge on any atom is 0.263 e. The number of fused-ring (bicyclic) bond motifs is 1. The molecule has 0 saturated heterocycles. The Morgan fingerprint density at radius 3 is 2.59 bits per heavy atom. The van der Waals surface area contributed by atoms with E-state index in [1.54, 1.807) is 11.8 Å². The van der Waals surface area contributed by atoms with E-state index in [0.717, 1.165) is 39.0 Å². The predicted molar refractivity (Wildman–Crippen MR) is 134 cm³/mol. The number of methoxy groups -OCH3 is 1.